The Morgan fingerprint density at radius 2 is 1.77 bits per heavy atom. The van der Waals surface area contributed by atoms with E-state index in [1.54, 1.807) is 0 Å². The smallest absolute Gasteiger partial charge is 0.231 e. The molecule has 0 aromatic heterocycles. The van der Waals surface area contributed by atoms with Crippen LogP contribution in [-0.2, 0) is 9.59 Å². The second-order valence-electron chi connectivity index (χ2n) is 8.36. The number of carbonyl (C=O) groups is 2. The second kappa shape index (κ2) is 6.04. The lowest BCUT2D eigenvalue weighted by atomic mass is 9.60. The van der Waals surface area contributed by atoms with Crippen molar-refractivity contribution in [1.29, 1.82) is 0 Å². The van der Waals surface area contributed by atoms with Gasteiger partial charge in [-0.2, -0.15) is 0 Å². The van der Waals surface area contributed by atoms with Crippen molar-refractivity contribution in [2.75, 3.05) is 0 Å². The topological polar surface area (TPSA) is 78.4 Å². The maximum Gasteiger partial charge on any atom is 0.231 e. The fourth-order valence-corrected chi connectivity index (χ4v) is 6.49. The van der Waals surface area contributed by atoms with Gasteiger partial charge >= 0.3 is 0 Å². The van der Waals surface area contributed by atoms with Crippen molar-refractivity contribution >= 4 is 23.4 Å². The zero-order valence-electron chi connectivity index (χ0n) is 14.4. The molecule has 6 heteroatoms. The molecule has 2 amide bonds. The van der Waals surface area contributed by atoms with Crippen molar-refractivity contribution in [2.45, 2.75) is 49.8 Å². The Morgan fingerprint density at radius 1 is 1.00 bits per heavy atom. The predicted molar refractivity (Wildman–Crippen MR) is 96.5 cm³/mol. The highest BCUT2D eigenvalue weighted by Gasteiger charge is 2.61. The van der Waals surface area contributed by atoms with E-state index in [1.165, 1.54) is 0 Å². The number of hydrogen-bond donors (Lipinski definition) is 3. The third-order valence-corrected chi connectivity index (χ3v) is 7.50. The number of benzene rings is 1. The first-order valence-corrected chi connectivity index (χ1v) is 9.95. The van der Waals surface area contributed by atoms with Gasteiger partial charge in [0.25, 0.3) is 0 Å². The molecule has 8 atom stereocenters. The molecule has 0 radical (unpaired) electrons. The fraction of sp³-hybridized carbons (Fsp3) is 0.600. The van der Waals surface area contributed by atoms with Crippen molar-refractivity contribution in [1.82, 2.24) is 10.6 Å². The molecule has 2 saturated heterocycles. The zero-order valence-corrected chi connectivity index (χ0v) is 15.2. The summed E-state index contributed by atoms with van der Waals surface area (Å²) >= 11 is 6.45. The lowest BCUT2D eigenvalue weighted by Gasteiger charge is -2.42. The zero-order chi connectivity index (χ0) is 18.0. The summed E-state index contributed by atoms with van der Waals surface area (Å²) in [5.41, 5.74) is 0.962. The second-order valence-corrected chi connectivity index (χ2v) is 8.76. The molecular weight excluding hydrogens is 352 g/mol. The molecule has 2 heterocycles. The van der Waals surface area contributed by atoms with Gasteiger partial charge in [-0.15, -0.1) is 0 Å². The summed E-state index contributed by atoms with van der Waals surface area (Å²) in [5, 5.41) is 17.1. The van der Waals surface area contributed by atoms with Gasteiger partial charge in [0.15, 0.2) is 0 Å². The first kappa shape index (κ1) is 16.7. The van der Waals surface area contributed by atoms with Crippen LogP contribution in [0.4, 0.5) is 0 Å². The lowest BCUT2D eigenvalue weighted by molar-refractivity contribution is -0.126. The molecule has 4 fully saturated rings. The first-order chi connectivity index (χ1) is 12.5. The highest BCUT2D eigenvalue weighted by molar-refractivity contribution is 6.31. The number of amides is 2. The molecule has 8 unspecified atom stereocenters. The maximum atomic E-state index is 12.7. The minimum Gasteiger partial charge on any atom is -0.393 e. The Kier molecular flexibility index (Phi) is 3.89. The van der Waals surface area contributed by atoms with E-state index in [4.69, 9.17) is 11.6 Å². The Balaban J connectivity index is 1.56. The Labute approximate surface area is 157 Å². The van der Waals surface area contributed by atoms with Gasteiger partial charge in [0.05, 0.1) is 17.9 Å². The quantitative estimate of drug-likeness (QED) is 0.655. The Bertz CT molecular complexity index is 769. The van der Waals surface area contributed by atoms with Crippen LogP contribution in [0.3, 0.4) is 0 Å². The van der Waals surface area contributed by atoms with E-state index in [1.807, 2.05) is 24.3 Å². The highest BCUT2D eigenvalue weighted by atomic mass is 35.5. The third kappa shape index (κ3) is 2.37. The molecule has 2 aliphatic heterocycles. The van der Waals surface area contributed by atoms with Crippen molar-refractivity contribution in [3.05, 3.63) is 34.9 Å². The van der Waals surface area contributed by atoms with E-state index >= 15 is 0 Å². The number of aliphatic hydroxyl groups excluding tert-OH is 1. The molecular formula is C20H23ClN2O3. The number of nitrogens with one attached hydrogen (secondary N) is 2. The van der Waals surface area contributed by atoms with Gasteiger partial charge in [-0.3, -0.25) is 14.9 Å². The molecule has 4 aliphatic rings. The van der Waals surface area contributed by atoms with Gasteiger partial charge in [0, 0.05) is 17.1 Å². The number of fused-ring (bicyclic) bond motifs is 5. The molecule has 26 heavy (non-hydrogen) atoms. The van der Waals surface area contributed by atoms with Gasteiger partial charge in [0.2, 0.25) is 11.8 Å². The van der Waals surface area contributed by atoms with Crippen molar-refractivity contribution in [2.24, 2.45) is 23.7 Å². The summed E-state index contributed by atoms with van der Waals surface area (Å²) < 4.78 is 0. The highest BCUT2D eigenvalue weighted by Crippen LogP contribution is 2.55. The van der Waals surface area contributed by atoms with Gasteiger partial charge in [-0.25, -0.2) is 0 Å². The van der Waals surface area contributed by atoms with Crippen LogP contribution in [0.5, 0.6) is 0 Å². The molecule has 1 aromatic rings. The molecule has 5 rings (SSSR count). The third-order valence-electron chi connectivity index (χ3n) is 7.16. The van der Waals surface area contributed by atoms with Crippen molar-refractivity contribution in [3.8, 4) is 0 Å². The maximum absolute atomic E-state index is 12.7. The Hall–Kier alpha value is -1.43. The van der Waals surface area contributed by atoms with Crippen molar-refractivity contribution in [3.63, 3.8) is 0 Å². The number of hydrogen-bond acceptors (Lipinski definition) is 4. The summed E-state index contributed by atoms with van der Waals surface area (Å²) in [4.78, 5) is 25.4. The number of imide groups is 1. The van der Waals surface area contributed by atoms with Crippen LogP contribution in [0, 0.1) is 23.7 Å². The van der Waals surface area contributed by atoms with Crippen LogP contribution >= 0.6 is 11.6 Å². The van der Waals surface area contributed by atoms with Crippen LogP contribution < -0.4 is 10.6 Å². The standard InChI is InChI=1S/C20H23ClN2O3/c21-13-4-2-1-3-10(13)11-8-15-16(18-17(11)19(25)23-20(18)26)12-7-9(24)5-6-14(12)22-15/h1-4,9,11-12,14-18,22,24H,5-8H2,(H,23,25,26). The van der Waals surface area contributed by atoms with Crippen LogP contribution in [0.15, 0.2) is 24.3 Å². The number of aliphatic hydroxyl groups is 1. The van der Waals surface area contributed by atoms with Gasteiger partial charge in [0.1, 0.15) is 0 Å². The van der Waals surface area contributed by atoms with Crippen LogP contribution in [0.25, 0.3) is 0 Å². The molecule has 138 valence electrons. The van der Waals surface area contributed by atoms with E-state index in [0.29, 0.717) is 11.1 Å². The summed E-state index contributed by atoms with van der Waals surface area (Å²) in [6.07, 6.45) is 2.97. The summed E-state index contributed by atoms with van der Waals surface area (Å²) in [5.74, 6) is -0.666. The number of carbonyl (C=O) groups excluding carboxylic acids is 2. The van der Waals surface area contributed by atoms with E-state index in [2.05, 4.69) is 10.6 Å². The molecule has 0 spiro atoms. The summed E-state index contributed by atoms with van der Waals surface area (Å²) in [7, 11) is 0. The molecule has 2 saturated carbocycles. The predicted octanol–water partition coefficient (Wildman–Crippen LogP) is 1.83. The van der Waals surface area contributed by atoms with E-state index in [-0.39, 0.29) is 53.5 Å². The average molecular weight is 375 g/mol. The normalized spacial score (nSPS) is 44.2. The SMILES string of the molecule is O=C1NC(=O)C2C1C(c1ccccc1Cl)CC1NC3CCC(O)CC3C12. The van der Waals surface area contributed by atoms with E-state index in [0.717, 1.165) is 31.2 Å². The minimum absolute atomic E-state index is 0.0565. The van der Waals surface area contributed by atoms with Gasteiger partial charge < -0.3 is 10.4 Å². The van der Waals surface area contributed by atoms with E-state index in [9.17, 15) is 14.7 Å². The molecule has 3 N–H and O–H groups in total. The van der Waals surface area contributed by atoms with Crippen molar-refractivity contribution < 1.29 is 14.7 Å². The van der Waals surface area contributed by atoms with Crippen LogP contribution in [-0.4, -0.2) is 35.1 Å². The van der Waals surface area contributed by atoms with Gasteiger partial charge in [-0.05, 0) is 55.1 Å². The van der Waals surface area contributed by atoms with Crippen LogP contribution in [0.1, 0.15) is 37.2 Å². The van der Waals surface area contributed by atoms with Gasteiger partial charge in [-0.1, -0.05) is 29.8 Å². The average Bonchev–Trinajstić information content (AvgIpc) is 3.11. The fourth-order valence-electron chi connectivity index (χ4n) is 6.22. The minimum atomic E-state index is -0.358. The molecule has 2 aliphatic carbocycles. The summed E-state index contributed by atoms with van der Waals surface area (Å²) in [6.45, 7) is 0. The molecule has 0 bridgehead atoms. The summed E-state index contributed by atoms with van der Waals surface area (Å²) in [6, 6.07) is 8.18. The lowest BCUT2D eigenvalue weighted by Crippen LogP contribution is -2.46. The monoisotopic (exact) mass is 374 g/mol. The first-order valence-electron chi connectivity index (χ1n) is 9.58. The largest absolute Gasteiger partial charge is 0.393 e. The van der Waals surface area contributed by atoms with E-state index < -0.39 is 0 Å². The number of halogens is 1. The van der Waals surface area contributed by atoms with Crippen LogP contribution in [0.2, 0.25) is 5.02 Å². The molecule has 5 nitrogen and oxygen atoms in total. The number of rotatable bonds is 1. The Morgan fingerprint density at radius 3 is 2.58 bits per heavy atom. The molecule has 1 aromatic carbocycles.